The van der Waals surface area contributed by atoms with Crippen molar-refractivity contribution < 1.29 is 9.53 Å². The molecular formula is C27H32N4O3. The minimum absolute atomic E-state index is 0.0702. The first-order chi connectivity index (χ1) is 16.5. The van der Waals surface area contributed by atoms with Crippen LogP contribution in [0.4, 0.5) is 5.69 Å². The van der Waals surface area contributed by atoms with Crippen LogP contribution in [0.1, 0.15) is 41.6 Å². The molecule has 7 heteroatoms. The van der Waals surface area contributed by atoms with Crippen LogP contribution in [0.25, 0.3) is 0 Å². The van der Waals surface area contributed by atoms with E-state index in [0.717, 1.165) is 36.3 Å². The highest BCUT2D eigenvalue weighted by Gasteiger charge is 2.24. The lowest BCUT2D eigenvalue weighted by molar-refractivity contribution is -0.116. The Morgan fingerprint density at radius 3 is 2.71 bits per heavy atom. The first-order valence-electron chi connectivity index (χ1n) is 11.8. The van der Waals surface area contributed by atoms with Gasteiger partial charge in [-0.05, 0) is 43.0 Å². The molecule has 0 aliphatic carbocycles. The second-order valence-electron chi connectivity index (χ2n) is 8.79. The molecular weight excluding hydrogens is 428 g/mol. The molecule has 2 aromatic carbocycles. The maximum Gasteiger partial charge on any atom is 0.257 e. The third kappa shape index (κ3) is 5.37. The second-order valence-corrected chi connectivity index (χ2v) is 8.79. The number of aryl methyl sites for hydroxylation is 2. The van der Waals surface area contributed by atoms with Crippen LogP contribution in [0.3, 0.4) is 0 Å². The summed E-state index contributed by atoms with van der Waals surface area (Å²) in [7, 11) is 1.57. The van der Waals surface area contributed by atoms with Crippen LogP contribution < -0.4 is 15.6 Å². The van der Waals surface area contributed by atoms with Crippen LogP contribution in [0.15, 0.2) is 53.3 Å². The molecule has 0 saturated carbocycles. The molecule has 0 fully saturated rings. The maximum atomic E-state index is 13.4. The first-order valence-corrected chi connectivity index (χ1v) is 11.8. The Morgan fingerprint density at radius 1 is 1.18 bits per heavy atom. The third-order valence-electron chi connectivity index (χ3n) is 6.13. The predicted octanol–water partition coefficient (Wildman–Crippen LogP) is 3.71. The van der Waals surface area contributed by atoms with Crippen LogP contribution in [0, 0.1) is 6.92 Å². The SMILES string of the molecule is CCCc1nc2c(c(=O)n1CC(=O)Nc1cc(C)ccc1OC)CCN(Cc1ccccc1)C2. The van der Waals surface area contributed by atoms with E-state index in [-0.39, 0.29) is 18.0 Å². The minimum atomic E-state index is -0.272. The van der Waals surface area contributed by atoms with Gasteiger partial charge in [-0.15, -0.1) is 0 Å². The summed E-state index contributed by atoms with van der Waals surface area (Å²) >= 11 is 0. The van der Waals surface area contributed by atoms with E-state index >= 15 is 0 Å². The largest absolute Gasteiger partial charge is 0.495 e. The number of benzene rings is 2. The Bertz CT molecular complexity index is 1220. The summed E-state index contributed by atoms with van der Waals surface area (Å²) in [5, 5.41) is 2.90. The highest BCUT2D eigenvalue weighted by molar-refractivity contribution is 5.92. The van der Waals surface area contributed by atoms with Gasteiger partial charge in [-0.2, -0.15) is 0 Å². The van der Waals surface area contributed by atoms with Crippen molar-refractivity contribution in [3.8, 4) is 5.75 Å². The van der Waals surface area contributed by atoms with E-state index in [9.17, 15) is 9.59 Å². The van der Waals surface area contributed by atoms with Gasteiger partial charge in [0.15, 0.2) is 0 Å². The summed E-state index contributed by atoms with van der Waals surface area (Å²) < 4.78 is 6.91. The van der Waals surface area contributed by atoms with Gasteiger partial charge in [-0.25, -0.2) is 4.98 Å². The van der Waals surface area contributed by atoms with Crippen LogP contribution in [0.2, 0.25) is 0 Å². The van der Waals surface area contributed by atoms with Crippen molar-refractivity contribution in [2.45, 2.75) is 52.7 Å². The molecule has 2 heterocycles. The predicted molar refractivity (Wildman–Crippen MR) is 133 cm³/mol. The van der Waals surface area contributed by atoms with Crippen molar-refractivity contribution in [2.24, 2.45) is 0 Å². The molecule has 3 aromatic rings. The lowest BCUT2D eigenvalue weighted by Crippen LogP contribution is -2.40. The van der Waals surface area contributed by atoms with Crippen molar-refractivity contribution in [3.05, 3.63) is 87.1 Å². The Balaban J connectivity index is 1.56. The molecule has 1 aliphatic heterocycles. The molecule has 1 aliphatic rings. The maximum absolute atomic E-state index is 13.4. The van der Waals surface area contributed by atoms with E-state index in [1.807, 2.05) is 43.3 Å². The zero-order valence-corrected chi connectivity index (χ0v) is 20.1. The van der Waals surface area contributed by atoms with Crippen LogP contribution in [0.5, 0.6) is 5.75 Å². The lowest BCUT2D eigenvalue weighted by Gasteiger charge is -2.29. The van der Waals surface area contributed by atoms with Gasteiger partial charge >= 0.3 is 0 Å². The van der Waals surface area contributed by atoms with E-state index < -0.39 is 0 Å². The molecule has 0 atom stereocenters. The van der Waals surface area contributed by atoms with E-state index in [4.69, 9.17) is 9.72 Å². The number of nitrogens with one attached hydrogen (secondary N) is 1. The van der Waals surface area contributed by atoms with Gasteiger partial charge in [0.05, 0.1) is 18.5 Å². The zero-order valence-electron chi connectivity index (χ0n) is 20.1. The topological polar surface area (TPSA) is 76.5 Å². The summed E-state index contributed by atoms with van der Waals surface area (Å²) in [5.41, 5.74) is 4.32. The molecule has 1 aromatic heterocycles. The van der Waals surface area contributed by atoms with Gasteiger partial charge in [-0.1, -0.05) is 43.3 Å². The van der Waals surface area contributed by atoms with E-state index in [2.05, 4.69) is 29.3 Å². The number of hydrogen-bond acceptors (Lipinski definition) is 5. The average Bonchev–Trinajstić information content (AvgIpc) is 2.82. The summed E-state index contributed by atoms with van der Waals surface area (Å²) in [4.78, 5) is 33.6. The van der Waals surface area contributed by atoms with Crippen LogP contribution in [-0.4, -0.2) is 34.0 Å². The fourth-order valence-electron chi connectivity index (χ4n) is 4.44. The minimum Gasteiger partial charge on any atom is -0.495 e. The Labute approximate surface area is 200 Å². The highest BCUT2D eigenvalue weighted by Crippen LogP contribution is 2.25. The van der Waals surface area contributed by atoms with Crippen LogP contribution in [-0.2, 0) is 37.3 Å². The number of amides is 1. The highest BCUT2D eigenvalue weighted by atomic mass is 16.5. The van der Waals surface area contributed by atoms with Crippen LogP contribution >= 0.6 is 0 Å². The molecule has 0 saturated heterocycles. The Hall–Kier alpha value is -3.45. The number of fused-ring (bicyclic) bond motifs is 1. The van der Waals surface area contributed by atoms with Crippen molar-refractivity contribution in [1.29, 1.82) is 0 Å². The number of nitrogens with zero attached hydrogens (tertiary/aromatic N) is 3. The Kier molecular flexibility index (Phi) is 7.43. The number of aromatic nitrogens is 2. The van der Waals surface area contributed by atoms with Crippen molar-refractivity contribution >= 4 is 11.6 Å². The Morgan fingerprint density at radius 2 is 1.97 bits per heavy atom. The molecule has 1 amide bonds. The quantitative estimate of drug-likeness (QED) is 0.555. The van der Waals surface area contributed by atoms with Gasteiger partial charge in [0.1, 0.15) is 18.1 Å². The summed E-state index contributed by atoms with van der Waals surface area (Å²) in [6.07, 6.45) is 2.11. The number of hydrogen-bond donors (Lipinski definition) is 1. The van der Waals surface area contributed by atoms with Crippen molar-refractivity contribution in [1.82, 2.24) is 14.5 Å². The number of ether oxygens (including phenoxy) is 1. The van der Waals surface area contributed by atoms with Crippen molar-refractivity contribution in [2.75, 3.05) is 19.0 Å². The van der Waals surface area contributed by atoms with Gasteiger partial charge in [-0.3, -0.25) is 19.1 Å². The molecule has 0 bridgehead atoms. The molecule has 0 radical (unpaired) electrons. The summed E-state index contributed by atoms with van der Waals surface area (Å²) in [6, 6.07) is 15.9. The number of anilines is 1. The lowest BCUT2D eigenvalue weighted by atomic mass is 10.0. The normalized spacial score (nSPS) is 13.4. The van der Waals surface area contributed by atoms with E-state index in [1.165, 1.54) is 5.56 Å². The smallest absolute Gasteiger partial charge is 0.257 e. The molecule has 0 spiro atoms. The molecule has 4 rings (SSSR count). The third-order valence-corrected chi connectivity index (χ3v) is 6.13. The average molecular weight is 461 g/mol. The number of methoxy groups -OCH3 is 1. The van der Waals surface area contributed by atoms with Gasteiger partial charge in [0.25, 0.3) is 5.56 Å². The van der Waals surface area contributed by atoms with Gasteiger partial charge in [0, 0.05) is 31.6 Å². The number of carbonyl (C=O) groups excluding carboxylic acids is 1. The van der Waals surface area contributed by atoms with Crippen molar-refractivity contribution in [3.63, 3.8) is 0 Å². The number of rotatable bonds is 8. The fourth-order valence-corrected chi connectivity index (χ4v) is 4.44. The molecule has 1 N–H and O–H groups in total. The summed E-state index contributed by atoms with van der Waals surface area (Å²) in [5.74, 6) is 0.980. The molecule has 34 heavy (non-hydrogen) atoms. The molecule has 178 valence electrons. The summed E-state index contributed by atoms with van der Waals surface area (Å²) in [6.45, 7) is 6.19. The van der Waals surface area contributed by atoms with E-state index in [1.54, 1.807) is 11.7 Å². The van der Waals surface area contributed by atoms with Gasteiger partial charge < -0.3 is 10.1 Å². The standard InChI is InChI=1S/C27H32N4O3/c1-4-8-25-28-23-17-30(16-20-9-6-5-7-10-20)14-13-21(23)27(33)31(25)18-26(32)29-22-15-19(2)11-12-24(22)34-3/h5-7,9-12,15H,4,8,13-14,16-18H2,1-3H3,(H,29,32). The fraction of sp³-hybridized carbons (Fsp3) is 0.370. The second kappa shape index (κ2) is 10.7. The zero-order chi connectivity index (χ0) is 24.1. The van der Waals surface area contributed by atoms with E-state index in [0.29, 0.717) is 36.6 Å². The first kappa shape index (κ1) is 23.7. The molecule has 0 unspecified atom stereocenters. The monoisotopic (exact) mass is 460 g/mol. The van der Waals surface area contributed by atoms with Gasteiger partial charge in [0.2, 0.25) is 5.91 Å². The molecule has 7 nitrogen and oxygen atoms in total. The number of carbonyl (C=O) groups is 1.